The van der Waals surface area contributed by atoms with Gasteiger partial charge in [-0.2, -0.15) is 0 Å². The standard InChI is InChI=1S/C21H25N3O3/c1-3-27-20-9-6-8-18-17(20)15-19(24(18)13-14-26-2)21(25)23-12-10-16-7-4-5-11-22-16/h4-9,11,15H,3,10,12-14H2,1-2H3,(H,23,25). The molecule has 0 radical (unpaired) electrons. The number of rotatable bonds is 9. The Labute approximate surface area is 159 Å². The highest BCUT2D eigenvalue weighted by Gasteiger charge is 2.17. The smallest absolute Gasteiger partial charge is 0.267 e. The van der Waals surface area contributed by atoms with E-state index in [0.717, 1.165) is 22.3 Å². The summed E-state index contributed by atoms with van der Waals surface area (Å²) < 4.78 is 12.9. The maximum Gasteiger partial charge on any atom is 0.267 e. The van der Waals surface area contributed by atoms with Gasteiger partial charge in [-0.1, -0.05) is 12.1 Å². The predicted octanol–water partition coefficient (Wildman–Crippen LogP) is 3.05. The number of carbonyl (C=O) groups is 1. The fourth-order valence-corrected chi connectivity index (χ4v) is 3.09. The zero-order valence-electron chi connectivity index (χ0n) is 15.8. The molecule has 0 aliphatic rings. The average molecular weight is 367 g/mol. The largest absolute Gasteiger partial charge is 0.493 e. The van der Waals surface area contributed by atoms with Crippen molar-refractivity contribution in [1.82, 2.24) is 14.9 Å². The quantitative estimate of drug-likeness (QED) is 0.631. The zero-order valence-corrected chi connectivity index (χ0v) is 15.8. The van der Waals surface area contributed by atoms with Gasteiger partial charge in [-0.3, -0.25) is 9.78 Å². The highest BCUT2D eigenvalue weighted by Crippen LogP contribution is 2.29. The Hall–Kier alpha value is -2.86. The second-order valence-electron chi connectivity index (χ2n) is 6.12. The molecule has 2 heterocycles. The lowest BCUT2D eigenvalue weighted by molar-refractivity contribution is 0.0942. The summed E-state index contributed by atoms with van der Waals surface area (Å²) >= 11 is 0. The number of nitrogens with zero attached hydrogens (tertiary/aromatic N) is 2. The van der Waals surface area contributed by atoms with E-state index >= 15 is 0 Å². The van der Waals surface area contributed by atoms with Crippen LogP contribution in [-0.2, 0) is 17.7 Å². The van der Waals surface area contributed by atoms with Crippen LogP contribution < -0.4 is 10.1 Å². The molecule has 0 spiro atoms. The van der Waals surface area contributed by atoms with E-state index in [9.17, 15) is 4.79 Å². The van der Waals surface area contributed by atoms with Crippen molar-refractivity contribution in [3.05, 3.63) is 60.0 Å². The summed E-state index contributed by atoms with van der Waals surface area (Å²) in [5.74, 6) is 0.675. The predicted molar refractivity (Wildman–Crippen MR) is 105 cm³/mol. The number of methoxy groups -OCH3 is 1. The molecule has 0 aliphatic heterocycles. The average Bonchev–Trinajstić information content (AvgIpc) is 3.07. The van der Waals surface area contributed by atoms with Gasteiger partial charge in [0.1, 0.15) is 11.4 Å². The van der Waals surface area contributed by atoms with Gasteiger partial charge in [0.05, 0.1) is 18.7 Å². The van der Waals surface area contributed by atoms with Crippen molar-refractivity contribution in [3.63, 3.8) is 0 Å². The Kier molecular flexibility index (Phi) is 6.44. The molecule has 3 rings (SSSR count). The van der Waals surface area contributed by atoms with Crippen molar-refractivity contribution in [1.29, 1.82) is 0 Å². The summed E-state index contributed by atoms with van der Waals surface area (Å²) in [4.78, 5) is 17.1. The van der Waals surface area contributed by atoms with E-state index in [2.05, 4.69) is 10.3 Å². The minimum absolute atomic E-state index is 0.110. The summed E-state index contributed by atoms with van der Waals surface area (Å²) in [5.41, 5.74) is 2.53. The molecule has 6 heteroatoms. The van der Waals surface area contributed by atoms with Crippen LogP contribution >= 0.6 is 0 Å². The first kappa shape index (κ1) is 18.9. The van der Waals surface area contributed by atoms with Gasteiger partial charge in [0.2, 0.25) is 0 Å². The van der Waals surface area contributed by atoms with Gasteiger partial charge in [-0.05, 0) is 37.3 Å². The van der Waals surface area contributed by atoms with E-state index in [0.29, 0.717) is 38.4 Å². The van der Waals surface area contributed by atoms with E-state index in [1.807, 2.05) is 54.0 Å². The fourth-order valence-electron chi connectivity index (χ4n) is 3.09. The normalized spacial score (nSPS) is 10.9. The van der Waals surface area contributed by atoms with E-state index in [-0.39, 0.29) is 5.91 Å². The Morgan fingerprint density at radius 1 is 1.22 bits per heavy atom. The van der Waals surface area contributed by atoms with Crippen molar-refractivity contribution in [2.75, 3.05) is 26.9 Å². The lowest BCUT2D eigenvalue weighted by Gasteiger charge is -2.11. The Balaban J connectivity index is 1.82. The van der Waals surface area contributed by atoms with Crippen LogP contribution in [0.5, 0.6) is 5.75 Å². The number of hydrogen-bond acceptors (Lipinski definition) is 4. The molecule has 6 nitrogen and oxygen atoms in total. The SMILES string of the molecule is CCOc1cccc2c1cc(C(=O)NCCc1ccccn1)n2CCOC. The molecular weight excluding hydrogens is 342 g/mol. The topological polar surface area (TPSA) is 65.4 Å². The number of ether oxygens (including phenoxy) is 2. The number of pyridine rings is 1. The van der Waals surface area contributed by atoms with E-state index in [1.54, 1.807) is 13.3 Å². The summed E-state index contributed by atoms with van der Waals surface area (Å²) in [6, 6.07) is 13.5. The molecule has 0 bridgehead atoms. The molecule has 3 aromatic rings. The number of carbonyl (C=O) groups excluding carboxylic acids is 1. The highest BCUT2D eigenvalue weighted by molar-refractivity contribution is 6.00. The van der Waals surface area contributed by atoms with Crippen LogP contribution in [-0.4, -0.2) is 42.3 Å². The van der Waals surface area contributed by atoms with Gasteiger partial charge in [0, 0.05) is 43.9 Å². The Bertz CT molecular complexity index is 890. The molecule has 0 atom stereocenters. The van der Waals surface area contributed by atoms with Gasteiger partial charge in [-0.15, -0.1) is 0 Å². The van der Waals surface area contributed by atoms with Crippen LogP contribution in [0.25, 0.3) is 10.9 Å². The van der Waals surface area contributed by atoms with Crippen molar-refractivity contribution >= 4 is 16.8 Å². The van der Waals surface area contributed by atoms with Crippen LogP contribution in [0.4, 0.5) is 0 Å². The number of amides is 1. The third kappa shape index (κ3) is 4.46. The molecule has 1 amide bonds. The molecule has 1 N–H and O–H groups in total. The number of nitrogens with one attached hydrogen (secondary N) is 1. The number of hydrogen-bond donors (Lipinski definition) is 1. The maximum absolute atomic E-state index is 12.8. The molecule has 0 fully saturated rings. The second kappa shape index (κ2) is 9.19. The molecule has 0 saturated heterocycles. The molecular formula is C21H25N3O3. The van der Waals surface area contributed by atoms with Crippen LogP contribution in [0.1, 0.15) is 23.1 Å². The van der Waals surface area contributed by atoms with E-state index in [4.69, 9.17) is 9.47 Å². The minimum atomic E-state index is -0.110. The first-order chi connectivity index (χ1) is 13.2. The Morgan fingerprint density at radius 3 is 2.85 bits per heavy atom. The number of aromatic nitrogens is 2. The van der Waals surface area contributed by atoms with E-state index < -0.39 is 0 Å². The van der Waals surface area contributed by atoms with Crippen LogP contribution in [0.3, 0.4) is 0 Å². The summed E-state index contributed by atoms with van der Waals surface area (Å²) in [7, 11) is 1.66. The Morgan fingerprint density at radius 2 is 2.11 bits per heavy atom. The lowest BCUT2D eigenvalue weighted by atomic mass is 10.2. The van der Waals surface area contributed by atoms with Crippen molar-refractivity contribution in [2.24, 2.45) is 0 Å². The molecule has 2 aromatic heterocycles. The van der Waals surface area contributed by atoms with Crippen molar-refractivity contribution < 1.29 is 14.3 Å². The molecule has 1 aromatic carbocycles. The minimum Gasteiger partial charge on any atom is -0.493 e. The lowest BCUT2D eigenvalue weighted by Crippen LogP contribution is -2.28. The number of benzene rings is 1. The van der Waals surface area contributed by atoms with Crippen LogP contribution in [0.2, 0.25) is 0 Å². The highest BCUT2D eigenvalue weighted by atomic mass is 16.5. The fraction of sp³-hybridized carbons (Fsp3) is 0.333. The molecule has 0 unspecified atom stereocenters. The van der Waals surface area contributed by atoms with Gasteiger partial charge in [-0.25, -0.2) is 0 Å². The molecule has 0 saturated carbocycles. The van der Waals surface area contributed by atoms with E-state index in [1.165, 1.54) is 0 Å². The van der Waals surface area contributed by atoms with Gasteiger partial charge in [0.25, 0.3) is 5.91 Å². The van der Waals surface area contributed by atoms with Crippen LogP contribution in [0.15, 0.2) is 48.7 Å². The monoisotopic (exact) mass is 367 g/mol. The third-order valence-corrected chi connectivity index (χ3v) is 4.35. The van der Waals surface area contributed by atoms with Gasteiger partial charge >= 0.3 is 0 Å². The maximum atomic E-state index is 12.8. The van der Waals surface area contributed by atoms with Crippen molar-refractivity contribution in [3.8, 4) is 5.75 Å². The molecule has 142 valence electrons. The first-order valence-electron chi connectivity index (χ1n) is 9.16. The zero-order chi connectivity index (χ0) is 19.1. The van der Waals surface area contributed by atoms with Crippen LogP contribution in [0, 0.1) is 0 Å². The van der Waals surface area contributed by atoms with Gasteiger partial charge in [0.15, 0.2) is 0 Å². The summed E-state index contributed by atoms with van der Waals surface area (Å²) in [6.45, 7) is 4.18. The molecule has 0 aliphatic carbocycles. The third-order valence-electron chi connectivity index (χ3n) is 4.35. The summed E-state index contributed by atoms with van der Waals surface area (Å²) in [5, 5.41) is 3.93. The second-order valence-corrected chi connectivity index (χ2v) is 6.12. The summed E-state index contributed by atoms with van der Waals surface area (Å²) in [6.07, 6.45) is 2.45. The van der Waals surface area contributed by atoms with Crippen molar-refractivity contribution in [2.45, 2.75) is 19.9 Å². The molecule has 27 heavy (non-hydrogen) atoms. The first-order valence-corrected chi connectivity index (χ1v) is 9.16. The number of fused-ring (bicyclic) bond motifs is 1. The van der Waals surface area contributed by atoms with Gasteiger partial charge < -0.3 is 19.4 Å².